The highest BCUT2D eigenvalue weighted by molar-refractivity contribution is 9.10. The zero-order valence-corrected chi connectivity index (χ0v) is 12.5. The van der Waals surface area contributed by atoms with Crippen molar-refractivity contribution in [1.29, 1.82) is 0 Å². The minimum atomic E-state index is -6.55. The van der Waals surface area contributed by atoms with Crippen LogP contribution in [0.2, 0.25) is 0 Å². The van der Waals surface area contributed by atoms with Crippen molar-refractivity contribution in [3.8, 4) is 5.75 Å². The molecule has 0 aliphatic carbocycles. The van der Waals surface area contributed by atoms with Crippen molar-refractivity contribution in [3.05, 3.63) is 32.3 Å². The van der Waals surface area contributed by atoms with E-state index in [1.165, 1.54) is 0 Å². The van der Waals surface area contributed by atoms with E-state index >= 15 is 0 Å². The molecule has 0 heterocycles. The Morgan fingerprint density at radius 3 is 2.21 bits per heavy atom. The first-order valence-electron chi connectivity index (χ1n) is 5.50. The number of alkyl halides is 7. The van der Waals surface area contributed by atoms with Crippen LogP contribution in [0, 0.1) is 10.1 Å². The molecule has 0 radical (unpaired) electrons. The summed E-state index contributed by atoms with van der Waals surface area (Å²) >= 11 is 2.70. The van der Waals surface area contributed by atoms with Gasteiger partial charge in [-0.05, 0) is 15.9 Å². The SMILES string of the molecule is O=[N+]([O-])c1cc(Br)c(O)c(/C=N\NC(F)(F)C(F)(F)C(F)(F)F)c1. The molecule has 1 aromatic rings. The number of aromatic hydroxyl groups is 1. The molecule has 1 aromatic carbocycles. The number of hydrazone groups is 1. The molecule has 0 fully saturated rings. The number of hydrogen-bond acceptors (Lipinski definition) is 5. The summed E-state index contributed by atoms with van der Waals surface area (Å²) in [6.07, 6.45) is -6.33. The number of phenolic OH excluding ortho intramolecular Hbond substituents is 1. The van der Waals surface area contributed by atoms with Crippen LogP contribution in [0.3, 0.4) is 0 Å². The molecule has 24 heavy (non-hydrogen) atoms. The van der Waals surface area contributed by atoms with E-state index in [1.54, 1.807) is 0 Å². The molecule has 0 atom stereocenters. The van der Waals surface area contributed by atoms with Crippen LogP contribution in [-0.4, -0.2) is 34.4 Å². The van der Waals surface area contributed by atoms with E-state index in [1.807, 2.05) is 0 Å². The highest BCUT2D eigenvalue weighted by Crippen LogP contribution is 2.45. The lowest BCUT2D eigenvalue weighted by atomic mass is 10.2. The first kappa shape index (κ1) is 19.9. The number of rotatable bonds is 5. The van der Waals surface area contributed by atoms with Gasteiger partial charge in [-0.1, -0.05) is 0 Å². The predicted octanol–water partition coefficient (Wildman–Crippen LogP) is 3.78. The van der Waals surface area contributed by atoms with Crippen molar-refractivity contribution in [2.45, 2.75) is 18.1 Å². The van der Waals surface area contributed by atoms with Crippen LogP contribution in [0.4, 0.5) is 36.4 Å². The number of nitro groups is 1. The zero-order valence-electron chi connectivity index (χ0n) is 10.9. The van der Waals surface area contributed by atoms with Crippen LogP contribution >= 0.6 is 15.9 Å². The second kappa shape index (κ2) is 6.41. The average molecular weight is 428 g/mol. The van der Waals surface area contributed by atoms with E-state index in [4.69, 9.17) is 0 Å². The number of nitrogens with zero attached hydrogens (tertiary/aromatic N) is 2. The molecule has 0 unspecified atom stereocenters. The molecule has 0 saturated heterocycles. The van der Waals surface area contributed by atoms with Crippen molar-refractivity contribution < 1.29 is 40.8 Å². The lowest BCUT2D eigenvalue weighted by Crippen LogP contribution is -2.58. The molecule has 6 nitrogen and oxygen atoms in total. The van der Waals surface area contributed by atoms with Crippen LogP contribution < -0.4 is 5.43 Å². The number of nitrogens with one attached hydrogen (secondary N) is 1. The number of hydrogen-bond donors (Lipinski definition) is 2. The van der Waals surface area contributed by atoms with Crippen molar-refractivity contribution in [1.82, 2.24) is 5.43 Å². The van der Waals surface area contributed by atoms with Gasteiger partial charge in [-0.15, -0.1) is 0 Å². The monoisotopic (exact) mass is 427 g/mol. The molecule has 0 spiro atoms. The van der Waals surface area contributed by atoms with Crippen LogP contribution in [-0.2, 0) is 0 Å². The first-order valence-corrected chi connectivity index (χ1v) is 6.29. The van der Waals surface area contributed by atoms with Gasteiger partial charge in [-0.2, -0.15) is 35.8 Å². The molecule has 14 heteroatoms. The highest BCUT2D eigenvalue weighted by Gasteiger charge is 2.73. The van der Waals surface area contributed by atoms with Gasteiger partial charge >= 0.3 is 18.1 Å². The Bertz CT molecular complexity index is 678. The van der Waals surface area contributed by atoms with E-state index in [0.717, 1.165) is 6.07 Å². The smallest absolute Gasteiger partial charge is 0.462 e. The Kier molecular flexibility index (Phi) is 5.32. The third-order valence-corrected chi connectivity index (χ3v) is 3.05. The number of benzene rings is 1. The summed E-state index contributed by atoms with van der Waals surface area (Å²) in [7, 11) is 0. The van der Waals surface area contributed by atoms with E-state index in [2.05, 4.69) is 21.0 Å². The summed E-state index contributed by atoms with van der Waals surface area (Å²) < 4.78 is 86.4. The highest BCUT2D eigenvalue weighted by atomic mass is 79.9. The molecule has 1 rings (SSSR count). The van der Waals surface area contributed by atoms with Crippen LogP contribution in [0.5, 0.6) is 5.75 Å². The second-order valence-corrected chi connectivity index (χ2v) is 4.99. The Labute approximate surface area is 136 Å². The summed E-state index contributed by atoms with van der Waals surface area (Å²) in [5, 5.41) is 22.6. The topological polar surface area (TPSA) is 87.8 Å². The Morgan fingerprint density at radius 2 is 1.75 bits per heavy atom. The van der Waals surface area contributed by atoms with E-state index in [9.17, 15) is 46.0 Å². The van der Waals surface area contributed by atoms with E-state index in [-0.39, 0.29) is 10.7 Å². The molecule has 0 aliphatic rings. The van der Waals surface area contributed by atoms with Gasteiger partial charge in [0.15, 0.2) is 0 Å². The Morgan fingerprint density at radius 1 is 1.21 bits per heavy atom. The fraction of sp³-hybridized carbons (Fsp3) is 0.300. The molecule has 0 amide bonds. The van der Waals surface area contributed by atoms with Gasteiger partial charge in [0.1, 0.15) is 5.75 Å². The molecule has 0 aromatic heterocycles. The Balaban J connectivity index is 3.09. The molecule has 0 aliphatic heterocycles. The number of nitro benzene ring substituents is 1. The van der Waals surface area contributed by atoms with Crippen LogP contribution in [0.25, 0.3) is 0 Å². The van der Waals surface area contributed by atoms with Crippen molar-refractivity contribution in [3.63, 3.8) is 0 Å². The Hall–Kier alpha value is -2.12. The maximum Gasteiger partial charge on any atom is 0.462 e. The summed E-state index contributed by atoms with van der Waals surface area (Å²) in [5.74, 6) is -7.17. The third kappa shape index (κ3) is 3.85. The summed E-state index contributed by atoms with van der Waals surface area (Å²) in [4.78, 5) is 9.66. The van der Waals surface area contributed by atoms with Gasteiger partial charge in [-0.25, -0.2) is 5.43 Å². The maximum atomic E-state index is 12.9. The zero-order chi connectivity index (χ0) is 18.9. The lowest BCUT2D eigenvalue weighted by molar-refractivity contribution is -0.385. The minimum Gasteiger partial charge on any atom is -0.506 e. The summed E-state index contributed by atoms with van der Waals surface area (Å²) in [6.45, 7) is 0. The fourth-order valence-electron chi connectivity index (χ4n) is 1.24. The second-order valence-electron chi connectivity index (χ2n) is 4.14. The number of halogens is 8. The van der Waals surface area contributed by atoms with Gasteiger partial charge in [-0.3, -0.25) is 10.1 Å². The predicted molar refractivity (Wildman–Crippen MR) is 69.1 cm³/mol. The largest absolute Gasteiger partial charge is 0.506 e. The van der Waals surface area contributed by atoms with Gasteiger partial charge < -0.3 is 5.11 Å². The lowest BCUT2D eigenvalue weighted by Gasteiger charge is -2.27. The normalized spacial score (nSPS) is 13.3. The standard InChI is InChI=1S/C10H5BrF7N3O3/c11-6-2-5(21(23)24)1-4(7(6)22)3-19-20-10(17,18)8(12,13)9(14,15)16/h1-3,20,22H/b19-3-. The molecular formula is C10H5BrF7N3O3. The van der Waals surface area contributed by atoms with E-state index < -0.39 is 40.1 Å². The van der Waals surface area contributed by atoms with Crippen LogP contribution in [0.15, 0.2) is 21.7 Å². The van der Waals surface area contributed by atoms with Gasteiger partial charge in [0.25, 0.3) is 5.69 Å². The van der Waals surface area contributed by atoms with Crippen molar-refractivity contribution in [2.24, 2.45) is 5.10 Å². The molecular weight excluding hydrogens is 423 g/mol. The van der Waals surface area contributed by atoms with Crippen LogP contribution in [0.1, 0.15) is 5.56 Å². The average Bonchev–Trinajstić information content (AvgIpc) is 2.41. The minimum absolute atomic E-state index is 0.216. The third-order valence-electron chi connectivity index (χ3n) is 2.45. The van der Waals surface area contributed by atoms with E-state index in [0.29, 0.717) is 11.5 Å². The maximum absolute atomic E-state index is 12.9. The van der Waals surface area contributed by atoms with Gasteiger partial charge in [0, 0.05) is 17.7 Å². The molecule has 0 bridgehead atoms. The van der Waals surface area contributed by atoms with Crippen molar-refractivity contribution in [2.75, 3.05) is 0 Å². The molecule has 2 N–H and O–H groups in total. The van der Waals surface area contributed by atoms with Gasteiger partial charge in [0.05, 0.1) is 15.6 Å². The first-order chi connectivity index (χ1) is 10.7. The molecule has 0 saturated carbocycles. The number of phenols is 1. The number of non-ortho nitro benzene ring substituents is 1. The molecule has 134 valence electrons. The van der Waals surface area contributed by atoms with Gasteiger partial charge in [0.2, 0.25) is 0 Å². The summed E-state index contributed by atoms with van der Waals surface area (Å²) in [5.41, 5.74) is -0.900. The quantitative estimate of drug-likeness (QED) is 0.246. The summed E-state index contributed by atoms with van der Waals surface area (Å²) in [6, 6.07) is -4.33. The fourth-order valence-corrected chi connectivity index (χ4v) is 1.70. The van der Waals surface area contributed by atoms with Crippen molar-refractivity contribution >= 4 is 27.8 Å².